The van der Waals surface area contributed by atoms with Crippen molar-refractivity contribution in [2.24, 2.45) is 0 Å². The van der Waals surface area contributed by atoms with Gasteiger partial charge in [-0.3, -0.25) is 4.79 Å². The number of nitrogens with one attached hydrogen (secondary N) is 1. The van der Waals surface area contributed by atoms with Crippen LogP contribution in [0.2, 0.25) is 0 Å². The molecule has 0 radical (unpaired) electrons. The summed E-state index contributed by atoms with van der Waals surface area (Å²) >= 11 is 6.83. The van der Waals surface area contributed by atoms with Crippen LogP contribution in [0.1, 0.15) is 16.7 Å². The molecule has 0 atom stereocenters. The standard InChI is InChI=1S/C16H11Br2NO3/c1-7-13(20)3-2-8(15(7)21)4-11-10-5-9(17)6-12(18)14(10)19-16(11)22/h2-6,20-21H,1H3,(H,19,22). The van der Waals surface area contributed by atoms with E-state index < -0.39 is 0 Å². The zero-order chi connectivity index (χ0) is 16.0. The molecule has 2 aromatic rings. The molecule has 6 heteroatoms. The molecule has 0 unspecified atom stereocenters. The van der Waals surface area contributed by atoms with E-state index in [1.54, 1.807) is 19.1 Å². The van der Waals surface area contributed by atoms with Gasteiger partial charge >= 0.3 is 0 Å². The van der Waals surface area contributed by atoms with E-state index in [1.165, 1.54) is 6.07 Å². The van der Waals surface area contributed by atoms with E-state index in [1.807, 2.05) is 12.1 Å². The molecule has 0 saturated carbocycles. The third kappa shape index (κ3) is 2.42. The van der Waals surface area contributed by atoms with Crippen LogP contribution in [0.4, 0.5) is 5.69 Å². The summed E-state index contributed by atoms with van der Waals surface area (Å²) in [7, 11) is 0. The molecule has 3 rings (SSSR count). The zero-order valence-electron chi connectivity index (χ0n) is 11.4. The van der Waals surface area contributed by atoms with Crippen molar-refractivity contribution in [3.63, 3.8) is 0 Å². The third-order valence-electron chi connectivity index (χ3n) is 3.56. The number of fused-ring (bicyclic) bond motifs is 1. The molecule has 0 aliphatic carbocycles. The fraction of sp³-hybridized carbons (Fsp3) is 0.0625. The highest BCUT2D eigenvalue weighted by Gasteiger charge is 2.27. The topological polar surface area (TPSA) is 69.6 Å². The van der Waals surface area contributed by atoms with Crippen LogP contribution < -0.4 is 5.32 Å². The second-order valence-corrected chi connectivity index (χ2v) is 6.74. The molecular weight excluding hydrogens is 414 g/mol. The SMILES string of the molecule is Cc1c(O)ccc(C=C2C(=O)Nc3c(Br)cc(Br)cc32)c1O. The van der Waals surface area contributed by atoms with Crippen molar-refractivity contribution >= 4 is 55.1 Å². The Labute approximate surface area is 143 Å². The Morgan fingerprint density at radius 2 is 1.91 bits per heavy atom. The molecule has 1 amide bonds. The number of halogens is 2. The van der Waals surface area contributed by atoms with Gasteiger partial charge in [-0.05, 0) is 53.2 Å². The van der Waals surface area contributed by atoms with Gasteiger partial charge in [0.1, 0.15) is 11.5 Å². The predicted octanol–water partition coefficient (Wildman–Crippen LogP) is 4.42. The molecule has 112 valence electrons. The maximum atomic E-state index is 12.2. The van der Waals surface area contributed by atoms with E-state index in [-0.39, 0.29) is 17.4 Å². The summed E-state index contributed by atoms with van der Waals surface area (Å²) in [6.45, 7) is 1.61. The summed E-state index contributed by atoms with van der Waals surface area (Å²) in [5.74, 6) is -0.261. The van der Waals surface area contributed by atoms with Crippen LogP contribution in [0.25, 0.3) is 11.6 Å². The first kappa shape index (κ1) is 15.1. The van der Waals surface area contributed by atoms with Crippen LogP contribution in [0.5, 0.6) is 11.5 Å². The van der Waals surface area contributed by atoms with Gasteiger partial charge in [-0.2, -0.15) is 0 Å². The van der Waals surface area contributed by atoms with Gasteiger partial charge in [0.15, 0.2) is 0 Å². The Hall–Kier alpha value is -1.79. The first-order valence-electron chi connectivity index (χ1n) is 6.42. The van der Waals surface area contributed by atoms with Gasteiger partial charge in [0, 0.05) is 31.2 Å². The number of benzene rings is 2. The number of amides is 1. The second kappa shape index (κ2) is 5.44. The fourth-order valence-corrected chi connectivity index (χ4v) is 3.67. The third-order valence-corrected chi connectivity index (χ3v) is 4.65. The smallest absolute Gasteiger partial charge is 0.256 e. The van der Waals surface area contributed by atoms with E-state index in [0.29, 0.717) is 22.4 Å². The maximum Gasteiger partial charge on any atom is 0.256 e. The van der Waals surface area contributed by atoms with E-state index in [4.69, 9.17) is 0 Å². The number of phenolic OH excluding ortho intramolecular Hbond substituents is 2. The quantitative estimate of drug-likeness (QED) is 0.593. The molecular formula is C16H11Br2NO3. The Balaban J connectivity index is 2.19. The summed E-state index contributed by atoms with van der Waals surface area (Å²) in [5, 5.41) is 22.5. The van der Waals surface area contributed by atoms with Gasteiger partial charge < -0.3 is 15.5 Å². The van der Waals surface area contributed by atoms with Crippen molar-refractivity contribution in [1.29, 1.82) is 0 Å². The zero-order valence-corrected chi connectivity index (χ0v) is 14.6. The predicted molar refractivity (Wildman–Crippen MR) is 92.9 cm³/mol. The minimum atomic E-state index is -0.237. The highest BCUT2D eigenvalue weighted by atomic mass is 79.9. The van der Waals surface area contributed by atoms with E-state index in [0.717, 1.165) is 14.5 Å². The molecule has 1 aliphatic heterocycles. The largest absolute Gasteiger partial charge is 0.508 e. The summed E-state index contributed by atoms with van der Waals surface area (Å²) in [6, 6.07) is 6.76. The molecule has 1 aliphatic rings. The van der Waals surface area contributed by atoms with Crippen molar-refractivity contribution in [3.8, 4) is 11.5 Å². The van der Waals surface area contributed by atoms with Crippen molar-refractivity contribution < 1.29 is 15.0 Å². The average molecular weight is 425 g/mol. The summed E-state index contributed by atoms with van der Waals surface area (Å²) in [6.07, 6.45) is 1.61. The lowest BCUT2D eigenvalue weighted by atomic mass is 10.0. The normalized spacial score (nSPS) is 15.0. The molecule has 22 heavy (non-hydrogen) atoms. The Morgan fingerprint density at radius 3 is 2.64 bits per heavy atom. The van der Waals surface area contributed by atoms with Crippen LogP contribution in [-0.4, -0.2) is 16.1 Å². The lowest BCUT2D eigenvalue weighted by Crippen LogP contribution is -2.03. The van der Waals surface area contributed by atoms with Gasteiger partial charge in [-0.15, -0.1) is 0 Å². The average Bonchev–Trinajstić information content (AvgIpc) is 2.76. The van der Waals surface area contributed by atoms with Crippen LogP contribution >= 0.6 is 31.9 Å². The minimum Gasteiger partial charge on any atom is -0.508 e. The second-order valence-electron chi connectivity index (χ2n) is 4.97. The number of phenols is 2. The maximum absolute atomic E-state index is 12.2. The lowest BCUT2D eigenvalue weighted by molar-refractivity contribution is -0.110. The van der Waals surface area contributed by atoms with Gasteiger partial charge in [-0.1, -0.05) is 15.9 Å². The van der Waals surface area contributed by atoms with E-state index in [9.17, 15) is 15.0 Å². The molecule has 0 aromatic heterocycles. The number of carbonyl (C=O) groups excluding carboxylic acids is 1. The number of carbonyl (C=O) groups is 1. The highest BCUT2D eigenvalue weighted by molar-refractivity contribution is 9.11. The Bertz CT molecular complexity index is 844. The minimum absolute atomic E-state index is 0.0152. The summed E-state index contributed by atoms with van der Waals surface area (Å²) < 4.78 is 1.62. The van der Waals surface area contributed by atoms with E-state index in [2.05, 4.69) is 37.2 Å². The number of anilines is 1. The molecule has 0 bridgehead atoms. The Kier molecular flexibility index (Phi) is 3.74. The Morgan fingerprint density at radius 1 is 1.18 bits per heavy atom. The molecule has 0 fully saturated rings. The highest BCUT2D eigenvalue weighted by Crippen LogP contribution is 2.41. The van der Waals surface area contributed by atoms with Gasteiger partial charge in [-0.25, -0.2) is 0 Å². The molecule has 0 saturated heterocycles. The van der Waals surface area contributed by atoms with Gasteiger partial charge in [0.2, 0.25) is 0 Å². The van der Waals surface area contributed by atoms with Crippen LogP contribution in [0.3, 0.4) is 0 Å². The fourth-order valence-electron chi connectivity index (χ4n) is 2.34. The van der Waals surface area contributed by atoms with Crippen molar-refractivity contribution in [2.45, 2.75) is 6.92 Å². The summed E-state index contributed by atoms with van der Waals surface area (Å²) in [4.78, 5) is 12.2. The lowest BCUT2D eigenvalue weighted by Gasteiger charge is -2.06. The van der Waals surface area contributed by atoms with Crippen molar-refractivity contribution in [1.82, 2.24) is 0 Å². The van der Waals surface area contributed by atoms with Crippen LogP contribution in [0.15, 0.2) is 33.2 Å². The van der Waals surface area contributed by atoms with Crippen LogP contribution in [0, 0.1) is 6.92 Å². The molecule has 4 nitrogen and oxygen atoms in total. The van der Waals surface area contributed by atoms with Gasteiger partial charge in [0.05, 0.1) is 5.69 Å². The molecule has 1 heterocycles. The first-order chi connectivity index (χ1) is 10.4. The van der Waals surface area contributed by atoms with Crippen molar-refractivity contribution in [2.75, 3.05) is 5.32 Å². The number of rotatable bonds is 1. The monoisotopic (exact) mass is 423 g/mol. The number of hydrogen-bond donors (Lipinski definition) is 3. The molecule has 2 aromatic carbocycles. The first-order valence-corrected chi connectivity index (χ1v) is 8.01. The summed E-state index contributed by atoms with van der Waals surface area (Å²) in [5.41, 5.74) is 2.76. The van der Waals surface area contributed by atoms with Crippen LogP contribution in [-0.2, 0) is 4.79 Å². The number of aromatic hydroxyl groups is 2. The van der Waals surface area contributed by atoms with Gasteiger partial charge in [0.25, 0.3) is 5.91 Å². The molecule has 0 spiro atoms. The molecule has 3 N–H and O–H groups in total. The van der Waals surface area contributed by atoms with Crippen molar-refractivity contribution in [3.05, 3.63) is 49.9 Å². The number of hydrogen-bond acceptors (Lipinski definition) is 3. The van der Waals surface area contributed by atoms with E-state index >= 15 is 0 Å².